The Kier molecular flexibility index (Phi) is 4.57. The van der Waals surface area contributed by atoms with Crippen molar-refractivity contribution in [3.63, 3.8) is 0 Å². The zero-order valence-corrected chi connectivity index (χ0v) is 13.4. The Balaban J connectivity index is 1.53. The largest absolute Gasteiger partial charge is 0.417 e. The lowest BCUT2D eigenvalue weighted by Gasteiger charge is -2.48. The van der Waals surface area contributed by atoms with Crippen molar-refractivity contribution in [3.05, 3.63) is 23.9 Å². The lowest BCUT2D eigenvalue weighted by atomic mass is 9.97. The van der Waals surface area contributed by atoms with E-state index in [0.717, 1.165) is 19.6 Å². The van der Waals surface area contributed by atoms with E-state index >= 15 is 0 Å². The molecule has 2 aliphatic heterocycles. The van der Waals surface area contributed by atoms with E-state index in [2.05, 4.69) is 22.0 Å². The van der Waals surface area contributed by atoms with E-state index in [0.29, 0.717) is 24.4 Å². The van der Waals surface area contributed by atoms with Crippen LogP contribution in [-0.4, -0.2) is 57.6 Å². The molecule has 3 rings (SSSR count). The number of aromatic nitrogens is 2. The van der Waals surface area contributed by atoms with Gasteiger partial charge in [0.15, 0.2) is 0 Å². The van der Waals surface area contributed by atoms with Gasteiger partial charge in [0.05, 0.1) is 0 Å². The molecule has 1 aromatic heterocycles. The Labute approximate surface area is 131 Å². The molecule has 1 atom stereocenters. The molecular formula is C16H24N4O2. The standard InChI is InChI=1S/C16H24N4O2/c1-3-4-8-14-17-18-15(22-14)16(21)19-10-13(11-19)20-9-6-5-7-12(20)2/h3-4,12-13H,5-11H2,1-2H3/b4-3+. The number of carbonyl (C=O) groups is 1. The van der Waals surface area contributed by atoms with Crippen LogP contribution in [0.5, 0.6) is 0 Å². The third-order valence-corrected chi connectivity index (χ3v) is 4.65. The highest BCUT2D eigenvalue weighted by molar-refractivity contribution is 5.90. The molecule has 1 aromatic rings. The first-order chi connectivity index (χ1) is 10.7. The van der Waals surface area contributed by atoms with E-state index < -0.39 is 0 Å². The van der Waals surface area contributed by atoms with Gasteiger partial charge < -0.3 is 9.32 Å². The van der Waals surface area contributed by atoms with E-state index in [1.54, 1.807) is 4.90 Å². The topological polar surface area (TPSA) is 62.5 Å². The quantitative estimate of drug-likeness (QED) is 0.795. The van der Waals surface area contributed by atoms with Gasteiger partial charge in [-0.15, -0.1) is 10.2 Å². The van der Waals surface area contributed by atoms with Crippen LogP contribution < -0.4 is 0 Å². The zero-order chi connectivity index (χ0) is 15.5. The first kappa shape index (κ1) is 15.2. The summed E-state index contributed by atoms with van der Waals surface area (Å²) < 4.78 is 5.43. The molecule has 22 heavy (non-hydrogen) atoms. The molecule has 0 bridgehead atoms. The van der Waals surface area contributed by atoms with Crippen molar-refractivity contribution in [2.24, 2.45) is 0 Å². The number of amides is 1. The summed E-state index contributed by atoms with van der Waals surface area (Å²) in [5.74, 6) is 0.466. The van der Waals surface area contributed by atoms with Crippen LogP contribution >= 0.6 is 0 Å². The maximum Gasteiger partial charge on any atom is 0.311 e. The molecule has 0 radical (unpaired) electrons. The van der Waals surface area contributed by atoms with E-state index in [1.807, 2.05) is 19.1 Å². The van der Waals surface area contributed by atoms with Crippen LogP contribution in [0.1, 0.15) is 49.7 Å². The maximum atomic E-state index is 12.3. The Hall–Kier alpha value is -1.69. The minimum atomic E-state index is -0.139. The van der Waals surface area contributed by atoms with Crippen molar-refractivity contribution in [1.29, 1.82) is 0 Å². The number of rotatable bonds is 4. The molecule has 2 aliphatic rings. The first-order valence-electron chi connectivity index (χ1n) is 8.17. The lowest BCUT2D eigenvalue weighted by Crippen LogP contribution is -2.63. The monoisotopic (exact) mass is 304 g/mol. The third kappa shape index (κ3) is 3.06. The maximum absolute atomic E-state index is 12.3. The average molecular weight is 304 g/mol. The van der Waals surface area contributed by atoms with Gasteiger partial charge in [0, 0.05) is 31.6 Å². The predicted octanol–water partition coefficient (Wildman–Crippen LogP) is 1.89. The number of likely N-dealkylation sites (tertiary alicyclic amines) is 2. The Morgan fingerprint density at radius 1 is 1.36 bits per heavy atom. The molecule has 0 N–H and O–H groups in total. The average Bonchev–Trinajstić information content (AvgIpc) is 2.94. The Bertz CT molecular complexity index is 548. The van der Waals surface area contributed by atoms with Crippen molar-refractivity contribution in [2.75, 3.05) is 19.6 Å². The highest BCUT2D eigenvalue weighted by Crippen LogP contribution is 2.25. The van der Waals surface area contributed by atoms with Crippen LogP contribution in [0.3, 0.4) is 0 Å². The summed E-state index contributed by atoms with van der Waals surface area (Å²) in [4.78, 5) is 16.7. The summed E-state index contributed by atoms with van der Waals surface area (Å²) in [6, 6.07) is 1.12. The number of hydrogen-bond donors (Lipinski definition) is 0. The van der Waals surface area contributed by atoms with Gasteiger partial charge in [0.25, 0.3) is 0 Å². The number of allylic oxidation sites excluding steroid dienone is 2. The van der Waals surface area contributed by atoms with Gasteiger partial charge in [-0.25, -0.2) is 0 Å². The van der Waals surface area contributed by atoms with Crippen molar-refractivity contribution in [1.82, 2.24) is 20.0 Å². The van der Waals surface area contributed by atoms with Gasteiger partial charge in [0.1, 0.15) is 0 Å². The highest BCUT2D eigenvalue weighted by atomic mass is 16.4. The third-order valence-electron chi connectivity index (χ3n) is 4.65. The van der Waals surface area contributed by atoms with Gasteiger partial charge in [-0.3, -0.25) is 9.69 Å². The van der Waals surface area contributed by atoms with Crippen LogP contribution in [0.2, 0.25) is 0 Å². The summed E-state index contributed by atoms with van der Waals surface area (Å²) in [5.41, 5.74) is 0. The number of carbonyl (C=O) groups excluding carboxylic acids is 1. The number of hydrogen-bond acceptors (Lipinski definition) is 5. The molecule has 120 valence electrons. The molecule has 6 nitrogen and oxygen atoms in total. The van der Waals surface area contributed by atoms with Crippen LogP contribution in [0.15, 0.2) is 16.6 Å². The summed E-state index contributed by atoms with van der Waals surface area (Å²) in [5, 5.41) is 7.78. The van der Waals surface area contributed by atoms with Crippen LogP contribution in [-0.2, 0) is 6.42 Å². The Morgan fingerprint density at radius 2 is 2.18 bits per heavy atom. The van der Waals surface area contributed by atoms with Crippen molar-refractivity contribution >= 4 is 5.91 Å². The normalized spacial score (nSPS) is 23.9. The molecule has 1 unspecified atom stereocenters. The molecule has 0 spiro atoms. The smallest absolute Gasteiger partial charge is 0.311 e. The summed E-state index contributed by atoms with van der Waals surface area (Å²) in [7, 11) is 0. The fourth-order valence-electron chi connectivity index (χ4n) is 3.27. The second-order valence-electron chi connectivity index (χ2n) is 6.22. The van der Waals surface area contributed by atoms with Crippen LogP contribution in [0.4, 0.5) is 0 Å². The molecule has 1 amide bonds. The van der Waals surface area contributed by atoms with E-state index in [9.17, 15) is 4.79 Å². The fourth-order valence-corrected chi connectivity index (χ4v) is 3.27. The van der Waals surface area contributed by atoms with E-state index in [4.69, 9.17) is 4.42 Å². The molecule has 0 aliphatic carbocycles. The zero-order valence-electron chi connectivity index (χ0n) is 13.4. The van der Waals surface area contributed by atoms with Crippen molar-refractivity contribution in [2.45, 2.75) is 51.6 Å². The summed E-state index contributed by atoms with van der Waals surface area (Å²) >= 11 is 0. The van der Waals surface area contributed by atoms with Crippen molar-refractivity contribution < 1.29 is 9.21 Å². The van der Waals surface area contributed by atoms with Gasteiger partial charge in [-0.1, -0.05) is 18.6 Å². The molecule has 2 fully saturated rings. The molecule has 0 saturated carbocycles. The minimum Gasteiger partial charge on any atom is -0.417 e. The molecule has 6 heteroatoms. The first-order valence-corrected chi connectivity index (χ1v) is 8.17. The molecule has 3 heterocycles. The van der Waals surface area contributed by atoms with Gasteiger partial charge in [0.2, 0.25) is 5.89 Å². The second kappa shape index (κ2) is 6.60. The van der Waals surface area contributed by atoms with Gasteiger partial charge in [-0.2, -0.15) is 0 Å². The van der Waals surface area contributed by atoms with Crippen LogP contribution in [0.25, 0.3) is 0 Å². The van der Waals surface area contributed by atoms with E-state index in [-0.39, 0.29) is 11.8 Å². The lowest BCUT2D eigenvalue weighted by molar-refractivity contribution is 0.0000365. The molecule has 2 saturated heterocycles. The summed E-state index contributed by atoms with van der Waals surface area (Å²) in [6.07, 6.45) is 8.29. The van der Waals surface area contributed by atoms with Crippen molar-refractivity contribution in [3.8, 4) is 0 Å². The fraction of sp³-hybridized carbons (Fsp3) is 0.688. The Morgan fingerprint density at radius 3 is 2.91 bits per heavy atom. The number of nitrogens with zero attached hydrogens (tertiary/aromatic N) is 4. The highest BCUT2D eigenvalue weighted by Gasteiger charge is 2.39. The van der Waals surface area contributed by atoms with E-state index in [1.165, 1.54) is 19.3 Å². The minimum absolute atomic E-state index is 0.115. The number of piperidine rings is 1. The van der Waals surface area contributed by atoms with Crippen LogP contribution in [0, 0.1) is 0 Å². The molecule has 0 aromatic carbocycles. The molecular weight excluding hydrogens is 280 g/mol. The summed E-state index contributed by atoms with van der Waals surface area (Å²) in [6.45, 7) is 6.92. The van der Waals surface area contributed by atoms with Gasteiger partial charge in [-0.05, 0) is 33.2 Å². The second-order valence-corrected chi connectivity index (χ2v) is 6.22. The SMILES string of the molecule is C/C=C/Cc1nnc(C(=O)N2CC(N3CCCCC3C)C2)o1. The predicted molar refractivity (Wildman–Crippen MR) is 82.5 cm³/mol. The van der Waals surface area contributed by atoms with Gasteiger partial charge >= 0.3 is 11.8 Å².